The Kier molecular flexibility index (Phi) is 4.79. The normalized spacial score (nSPS) is 13.4. The van der Waals surface area contributed by atoms with Crippen LogP contribution in [0.2, 0.25) is 0 Å². The second kappa shape index (κ2) is 7.16. The minimum absolute atomic E-state index is 0.158. The lowest BCUT2D eigenvalue weighted by molar-refractivity contribution is 0.0790. The lowest BCUT2D eigenvalue weighted by atomic mass is 10.1. The number of nitrogens with one attached hydrogen (secondary N) is 3. The van der Waals surface area contributed by atoms with Crippen molar-refractivity contribution in [3.05, 3.63) is 42.1 Å². The number of hydrogen-bond acceptors (Lipinski definition) is 3. The summed E-state index contributed by atoms with van der Waals surface area (Å²) in [6.07, 6.45) is 2.10. The van der Waals surface area contributed by atoms with Crippen LogP contribution in [0.15, 0.2) is 36.4 Å². The first-order chi connectivity index (χ1) is 11.6. The maximum atomic E-state index is 12.4. The number of likely N-dealkylation sites (N-methyl/N-ethyl adjacent to an activating group) is 1. The summed E-state index contributed by atoms with van der Waals surface area (Å²) < 4.78 is 0. The third-order valence-electron chi connectivity index (χ3n) is 3.87. The monoisotopic (exact) mass is 327 g/mol. The van der Waals surface area contributed by atoms with E-state index in [0.29, 0.717) is 24.8 Å². The molecule has 0 bridgehead atoms. The van der Waals surface area contributed by atoms with Crippen molar-refractivity contribution < 1.29 is 9.59 Å². The molecule has 0 aliphatic heterocycles. The summed E-state index contributed by atoms with van der Waals surface area (Å²) in [6, 6.07) is 11.6. The van der Waals surface area contributed by atoms with Gasteiger partial charge in [-0.15, -0.1) is 0 Å². The zero-order chi connectivity index (χ0) is 16.9. The van der Waals surface area contributed by atoms with Gasteiger partial charge in [0.25, 0.3) is 5.91 Å². The second-order valence-corrected chi connectivity index (χ2v) is 5.93. The molecule has 0 saturated heterocycles. The first kappa shape index (κ1) is 16.0. The SMILES string of the molecule is CN(CCNC(=O)NC1CC1)C(=O)c1cc(-c2ccccc2)n[nH]1. The summed E-state index contributed by atoms with van der Waals surface area (Å²) in [5.41, 5.74) is 2.11. The smallest absolute Gasteiger partial charge is 0.315 e. The van der Waals surface area contributed by atoms with Gasteiger partial charge in [-0.2, -0.15) is 5.10 Å². The number of rotatable bonds is 6. The van der Waals surface area contributed by atoms with Gasteiger partial charge in [-0.3, -0.25) is 9.89 Å². The predicted molar refractivity (Wildman–Crippen MR) is 90.5 cm³/mol. The van der Waals surface area contributed by atoms with Gasteiger partial charge in [0.2, 0.25) is 0 Å². The molecule has 1 aromatic carbocycles. The molecule has 1 aromatic heterocycles. The Labute approximate surface area is 140 Å². The first-order valence-corrected chi connectivity index (χ1v) is 8.04. The van der Waals surface area contributed by atoms with Gasteiger partial charge in [0.1, 0.15) is 5.69 Å². The number of H-pyrrole nitrogens is 1. The van der Waals surface area contributed by atoms with Crippen molar-refractivity contribution in [2.75, 3.05) is 20.1 Å². The highest BCUT2D eigenvalue weighted by atomic mass is 16.2. The van der Waals surface area contributed by atoms with E-state index in [1.807, 2.05) is 30.3 Å². The van der Waals surface area contributed by atoms with Crippen LogP contribution < -0.4 is 10.6 Å². The zero-order valence-corrected chi connectivity index (χ0v) is 13.6. The van der Waals surface area contributed by atoms with E-state index in [-0.39, 0.29) is 11.9 Å². The highest BCUT2D eigenvalue weighted by Gasteiger charge is 2.23. The van der Waals surface area contributed by atoms with Gasteiger partial charge in [-0.1, -0.05) is 30.3 Å². The van der Waals surface area contributed by atoms with Crippen LogP contribution in [0.5, 0.6) is 0 Å². The lowest BCUT2D eigenvalue weighted by Gasteiger charge is -2.16. The summed E-state index contributed by atoms with van der Waals surface area (Å²) in [5.74, 6) is -0.158. The molecule has 1 aliphatic rings. The van der Waals surface area contributed by atoms with E-state index < -0.39 is 0 Å². The summed E-state index contributed by atoms with van der Waals surface area (Å²) >= 11 is 0. The third kappa shape index (κ3) is 4.13. The molecule has 3 N–H and O–H groups in total. The quantitative estimate of drug-likeness (QED) is 0.753. The van der Waals surface area contributed by atoms with Crippen LogP contribution >= 0.6 is 0 Å². The number of carbonyl (C=O) groups excluding carboxylic acids is 2. The highest BCUT2D eigenvalue weighted by molar-refractivity contribution is 5.93. The van der Waals surface area contributed by atoms with Crippen LogP contribution in [0.4, 0.5) is 4.79 Å². The van der Waals surface area contributed by atoms with Crippen LogP contribution in [0.25, 0.3) is 11.3 Å². The van der Waals surface area contributed by atoms with Crippen molar-refractivity contribution >= 4 is 11.9 Å². The predicted octanol–water partition coefficient (Wildman–Crippen LogP) is 1.61. The molecule has 24 heavy (non-hydrogen) atoms. The Morgan fingerprint density at radius 2 is 2.04 bits per heavy atom. The summed E-state index contributed by atoms with van der Waals surface area (Å²) in [7, 11) is 1.70. The standard InChI is InChI=1S/C17H21N5O2/c1-22(10-9-18-17(24)19-13-7-8-13)16(23)15-11-14(20-21-15)12-5-3-2-4-6-12/h2-6,11,13H,7-10H2,1H3,(H,20,21)(H2,18,19,24). The fourth-order valence-corrected chi connectivity index (χ4v) is 2.30. The Balaban J connectivity index is 1.50. The molecular weight excluding hydrogens is 306 g/mol. The van der Waals surface area contributed by atoms with E-state index in [2.05, 4.69) is 20.8 Å². The van der Waals surface area contributed by atoms with Gasteiger partial charge in [0, 0.05) is 31.7 Å². The van der Waals surface area contributed by atoms with Crippen molar-refractivity contribution in [3.63, 3.8) is 0 Å². The molecule has 2 aromatic rings. The van der Waals surface area contributed by atoms with E-state index in [1.165, 1.54) is 0 Å². The third-order valence-corrected chi connectivity index (χ3v) is 3.87. The second-order valence-electron chi connectivity index (χ2n) is 5.93. The van der Waals surface area contributed by atoms with Crippen molar-refractivity contribution in [2.24, 2.45) is 0 Å². The maximum absolute atomic E-state index is 12.4. The van der Waals surface area contributed by atoms with Crippen molar-refractivity contribution in [3.8, 4) is 11.3 Å². The van der Waals surface area contributed by atoms with Gasteiger partial charge in [-0.05, 0) is 18.9 Å². The van der Waals surface area contributed by atoms with E-state index in [9.17, 15) is 9.59 Å². The van der Waals surface area contributed by atoms with E-state index in [1.54, 1.807) is 18.0 Å². The van der Waals surface area contributed by atoms with Crippen LogP contribution in [0.1, 0.15) is 23.3 Å². The number of amides is 3. The molecule has 0 unspecified atom stereocenters. The molecule has 1 heterocycles. The molecule has 0 spiro atoms. The van der Waals surface area contributed by atoms with Gasteiger partial charge in [0.05, 0.1) is 5.69 Å². The maximum Gasteiger partial charge on any atom is 0.315 e. The molecular formula is C17H21N5O2. The largest absolute Gasteiger partial charge is 0.339 e. The molecule has 0 radical (unpaired) electrons. The first-order valence-electron chi connectivity index (χ1n) is 8.04. The molecule has 1 aliphatic carbocycles. The molecule has 3 amide bonds. The minimum atomic E-state index is -0.175. The van der Waals surface area contributed by atoms with Crippen LogP contribution in [-0.2, 0) is 0 Å². The van der Waals surface area contributed by atoms with Gasteiger partial charge < -0.3 is 15.5 Å². The number of aromatic nitrogens is 2. The number of benzene rings is 1. The summed E-state index contributed by atoms with van der Waals surface area (Å²) in [5, 5.41) is 12.6. The fourth-order valence-electron chi connectivity index (χ4n) is 2.30. The number of nitrogens with zero attached hydrogens (tertiary/aromatic N) is 2. The highest BCUT2D eigenvalue weighted by Crippen LogP contribution is 2.18. The van der Waals surface area contributed by atoms with Crippen LogP contribution in [0, 0.1) is 0 Å². The topological polar surface area (TPSA) is 90.1 Å². The number of urea groups is 1. The number of aromatic amines is 1. The molecule has 3 rings (SSSR count). The van der Waals surface area contributed by atoms with E-state index >= 15 is 0 Å². The zero-order valence-electron chi connectivity index (χ0n) is 13.6. The Morgan fingerprint density at radius 3 is 2.75 bits per heavy atom. The number of hydrogen-bond donors (Lipinski definition) is 3. The van der Waals surface area contributed by atoms with Crippen molar-refractivity contribution in [2.45, 2.75) is 18.9 Å². The van der Waals surface area contributed by atoms with E-state index in [4.69, 9.17) is 0 Å². The van der Waals surface area contributed by atoms with E-state index in [0.717, 1.165) is 24.1 Å². The van der Waals surface area contributed by atoms with Gasteiger partial charge >= 0.3 is 6.03 Å². The molecule has 7 nitrogen and oxygen atoms in total. The van der Waals surface area contributed by atoms with Crippen molar-refractivity contribution in [1.82, 2.24) is 25.7 Å². The Hall–Kier alpha value is -2.83. The Morgan fingerprint density at radius 1 is 1.29 bits per heavy atom. The average Bonchev–Trinajstić information content (AvgIpc) is 3.26. The van der Waals surface area contributed by atoms with Crippen molar-refractivity contribution in [1.29, 1.82) is 0 Å². The fraction of sp³-hybridized carbons (Fsp3) is 0.353. The minimum Gasteiger partial charge on any atom is -0.339 e. The van der Waals surface area contributed by atoms with Crippen LogP contribution in [-0.4, -0.2) is 53.2 Å². The molecule has 0 atom stereocenters. The van der Waals surface area contributed by atoms with Gasteiger partial charge in [-0.25, -0.2) is 4.79 Å². The molecule has 1 fully saturated rings. The number of carbonyl (C=O) groups is 2. The summed E-state index contributed by atoms with van der Waals surface area (Å²) in [4.78, 5) is 25.5. The summed E-state index contributed by atoms with van der Waals surface area (Å²) in [6.45, 7) is 0.830. The molecule has 126 valence electrons. The lowest BCUT2D eigenvalue weighted by Crippen LogP contribution is -2.41. The van der Waals surface area contributed by atoms with Crippen LogP contribution in [0.3, 0.4) is 0 Å². The molecule has 7 heteroatoms. The Bertz CT molecular complexity index is 709. The average molecular weight is 327 g/mol. The van der Waals surface area contributed by atoms with Gasteiger partial charge in [0.15, 0.2) is 0 Å². The molecule has 1 saturated carbocycles.